The van der Waals surface area contributed by atoms with Gasteiger partial charge in [-0.2, -0.15) is 0 Å². The van der Waals surface area contributed by atoms with Crippen molar-refractivity contribution in [2.45, 2.75) is 29.3 Å². The minimum atomic E-state index is 0.324. The van der Waals surface area contributed by atoms with Gasteiger partial charge < -0.3 is 5.32 Å². The average Bonchev–Trinajstić information content (AvgIpc) is 2.44. The van der Waals surface area contributed by atoms with E-state index >= 15 is 0 Å². The summed E-state index contributed by atoms with van der Waals surface area (Å²) in [6.45, 7) is 2.15. The van der Waals surface area contributed by atoms with Crippen LogP contribution in [0, 0.1) is 0 Å². The Bertz CT molecular complexity index is 509. The lowest BCUT2D eigenvalue weighted by Crippen LogP contribution is -2.16. The minimum absolute atomic E-state index is 0.324. The van der Waals surface area contributed by atoms with Gasteiger partial charge in [-0.25, -0.2) is 4.98 Å². The van der Waals surface area contributed by atoms with Gasteiger partial charge in [-0.15, -0.1) is 0 Å². The Hall–Kier alpha value is -0.910. The Balaban J connectivity index is 2.08. The van der Waals surface area contributed by atoms with Crippen molar-refractivity contribution in [1.82, 2.24) is 15.3 Å². The number of pyridine rings is 2. The van der Waals surface area contributed by atoms with E-state index in [2.05, 4.69) is 50.3 Å². The fourth-order valence-electron chi connectivity index (χ4n) is 1.76. The maximum Gasteiger partial charge on any atom is 0.101 e. The summed E-state index contributed by atoms with van der Waals surface area (Å²) in [6, 6.07) is 8.48. The zero-order chi connectivity index (χ0) is 13.7. The normalized spacial score (nSPS) is 12.4. The van der Waals surface area contributed by atoms with Gasteiger partial charge in [-0.05, 0) is 53.7 Å². The van der Waals surface area contributed by atoms with Crippen LogP contribution in [-0.2, 0) is 0 Å². The van der Waals surface area contributed by atoms with Crippen molar-refractivity contribution in [3.8, 4) is 0 Å². The second kappa shape index (κ2) is 7.03. The topological polar surface area (TPSA) is 37.8 Å². The van der Waals surface area contributed by atoms with Gasteiger partial charge in [0.15, 0.2) is 0 Å². The van der Waals surface area contributed by atoms with Crippen LogP contribution in [0.15, 0.2) is 51.1 Å². The van der Waals surface area contributed by atoms with E-state index in [1.165, 1.54) is 0 Å². The number of nitrogens with one attached hydrogen (secondary N) is 1. The molecule has 1 unspecified atom stereocenters. The molecule has 1 N–H and O–H groups in total. The summed E-state index contributed by atoms with van der Waals surface area (Å²) >= 11 is 5.00. The van der Waals surface area contributed by atoms with E-state index in [4.69, 9.17) is 0 Å². The van der Waals surface area contributed by atoms with Crippen LogP contribution in [0.3, 0.4) is 0 Å². The largest absolute Gasteiger partial charge is 0.312 e. The number of hydrogen-bond acceptors (Lipinski definition) is 4. The molecule has 19 heavy (non-hydrogen) atoms. The molecule has 0 bridgehead atoms. The minimum Gasteiger partial charge on any atom is -0.312 e. The van der Waals surface area contributed by atoms with Gasteiger partial charge in [0.25, 0.3) is 0 Å². The highest BCUT2D eigenvalue weighted by atomic mass is 79.9. The summed E-state index contributed by atoms with van der Waals surface area (Å²) in [7, 11) is 1.96. The molecular formula is C14H16BrN3S. The maximum atomic E-state index is 4.51. The molecular weight excluding hydrogens is 322 g/mol. The quantitative estimate of drug-likeness (QED) is 0.892. The molecule has 2 rings (SSSR count). The molecule has 2 aromatic heterocycles. The summed E-state index contributed by atoms with van der Waals surface area (Å²) in [5, 5.41) is 4.23. The summed E-state index contributed by atoms with van der Waals surface area (Å²) in [5.74, 6) is 0. The zero-order valence-corrected chi connectivity index (χ0v) is 13.3. The fourth-order valence-corrected chi connectivity index (χ4v) is 2.72. The predicted octanol–water partition coefficient (Wildman–Crippen LogP) is 4.06. The van der Waals surface area contributed by atoms with Crippen molar-refractivity contribution in [2.75, 3.05) is 7.05 Å². The Kier molecular flexibility index (Phi) is 5.36. The van der Waals surface area contributed by atoms with E-state index in [1.807, 2.05) is 25.4 Å². The lowest BCUT2D eigenvalue weighted by Gasteiger charge is -2.13. The molecule has 0 radical (unpaired) electrons. The third-order valence-electron chi connectivity index (χ3n) is 2.80. The van der Waals surface area contributed by atoms with Crippen LogP contribution in [0.1, 0.15) is 25.1 Å². The lowest BCUT2D eigenvalue weighted by molar-refractivity contribution is 0.561. The first kappa shape index (κ1) is 14.5. The number of nitrogens with zero attached hydrogens (tertiary/aromatic N) is 2. The number of hydrogen-bond donors (Lipinski definition) is 1. The summed E-state index contributed by atoms with van der Waals surface area (Å²) < 4.78 is 0.991. The van der Waals surface area contributed by atoms with E-state index < -0.39 is 0 Å². The number of halogens is 1. The van der Waals surface area contributed by atoms with Crippen molar-refractivity contribution < 1.29 is 0 Å². The first-order chi connectivity index (χ1) is 9.22. The molecule has 0 aliphatic heterocycles. The molecule has 0 saturated carbocycles. The maximum absolute atomic E-state index is 4.51. The monoisotopic (exact) mass is 337 g/mol. The van der Waals surface area contributed by atoms with Gasteiger partial charge in [0.2, 0.25) is 0 Å². The van der Waals surface area contributed by atoms with E-state index in [9.17, 15) is 0 Å². The molecule has 0 saturated heterocycles. The van der Waals surface area contributed by atoms with E-state index in [-0.39, 0.29) is 0 Å². The molecule has 2 aromatic rings. The highest BCUT2D eigenvalue weighted by Crippen LogP contribution is 2.27. The first-order valence-corrected chi connectivity index (χ1v) is 7.76. The summed E-state index contributed by atoms with van der Waals surface area (Å²) in [5.41, 5.74) is 1.08. The van der Waals surface area contributed by atoms with Crippen LogP contribution in [0.2, 0.25) is 0 Å². The standard InChI is InChI=1S/C14H16BrN3S/c1-3-12(16-2)13-6-5-11(9-17-13)19-14-7-4-10(15)8-18-14/h4-9,12,16H,3H2,1-2H3. The molecule has 1 atom stereocenters. The van der Waals surface area contributed by atoms with E-state index in [0.29, 0.717) is 6.04 Å². The van der Waals surface area contributed by atoms with Crippen LogP contribution in [0.4, 0.5) is 0 Å². The van der Waals surface area contributed by atoms with Crippen LogP contribution < -0.4 is 5.32 Å². The Labute approximate surface area is 126 Å². The lowest BCUT2D eigenvalue weighted by atomic mass is 10.1. The predicted molar refractivity (Wildman–Crippen MR) is 82.4 cm³/mol. The van der Waals surface area contributed by atoms with Crippen molar-refractivity contribution >= 4 is 27.7 Å². The van der Waals surface area contributed by atoms with Crippen LogP contribution in [0.5, 0.6) is 0 Å². The fraction of sp³-hybridized carbons (Fsp3) is 0.286. The third-order valence-corrected chi connectivity index (χ3v) is 4.19. The summed E-state index contributed by atoms with van der Waals surface area (Å²) in [6.07, 6.45) is 4.74. The van der Waals surface area contributed by atoms with Gasteiger partial charge in [0.1, 0.15) is 5.03 Å². The van der Waals surface area contributed by atoms with Gasteiger partial charge in [-0.1, -0.05) is 18.7 Å². The molecule has 0 spiro atoms. The second-order valence-corrected chi connectivity index (χ2v) is 6.09. The first-order valence-electron chi connectivity index (χ1n) is 6.15. The molecule has 0 aliphatic rings. The smallest absolute Gasteiger partial charge is 0.101 e. The molecule has 2 heterocycles. The van der Waals surface area contributed by atoms with Gasteiger partial charge in [0.05, 0.1) is 5.69 Å². The van der Waals surface area contributed by atoms with Crippen LogP contribution >= 0.6 is 27.7 Å². The zero-order valence-electron chi connectivity index (χ0n) is 10.9. The highest BCUT2D eigenvalue weighted by Gasteiger charge is 2.08. The molecule has 0 fully saturated rings. The molecule has 0 aliphatic carbocycles. The summed E-state index contributed by atoms with van der Waals surface area (Å²) in [4.78, 5) is 9.95. The SMILES string of the molecule is CCC(NC)c1ccc(Sc2ccc(Br)cn2)cn1. The molecule has 5 heteroatoms. The van der Waals surface area contributed by atoms with Crippen LogP contribution in [0.25, 0.3) is 0 Å². The van der Waals surface area contributed by atoms with Gasteiger partial charge in [-0.3, -0.25) is 4.98 Å². The van der Waals surface area contributed by atoms with Crippen molar-refractivity contribution in [3.63, 3.8) is 0 Å². The Morgan fingerprint density at radius 1 is 1.21 bits per heavy atom. The van der Waals surface area contributed by atoms with Crippen molar-refractivity contribution in [2.24, 2.45) is 0 Å². The van der Waals surface area contributed by atoms with Gasteiger partial charge >= 0.3 is 0 Å². The third kappa shape index (κ3) is 4.03. The number of rotatable bonds is 5. The molecule has 100 valence electrons. The van der Waals surface area contributed by atoms with Crippen molar-refractivity contribution in [3.05, 3.63) is 46.8 Å². The molecule has 0 amide bonds. The second-order valence-electron chi connectivity index (χ2n) is 4.08. The molecule has 3 nitrogen and oxygen atoms in total. The Morgan fingerprint density at radius 3 is 2.58 bits per heavy atom. The molecule has 0 aromatic carbocycles. The van der Waals surface area contributed by atoms with Crippen LogP contribution in [-0.4, -0.2) is 17.0 Å². The average molecular weight is 338 g/mol. The number of aromatic nitrogens is 2. The van der Waals surface area contributed by atoms with E-state index in [0.717, 1.165) is 26.5 Å². The van der Waals surface area contributed by atoms with Crippen molar-refractivity contribution in [1.29, 1.82) is 0 Å². The Morgan fingerprint density at radius 2 is 2.05 bits per heavy atom. The van der Waals surface area contributed by atoms with E-state index in [1.54, 1.807) is 18.0 Å². The highest BCUT2D eigenvalue weighted by molar-refractivity contribution is 9.10. The van der Waals surface area contributed by atoms with Gasteiger partial charge in [0, 0.05) is 27.8 Å².